The second kappa shape index (κ2) is 16.4. The van der Waals surface area contributed by atoms with Crippen LogP contribution in [0.4, 0.5) is 9.59 Å². The minimum Gasteiger partial charge on any atom is -0.444 e. The van der Waals surface area contributed by atoms with Crippen molar-refractivity contribution in [1.29, 1.82) is 5.26 Å². The van der Waals surface area contributed by atoms with Crippen LogP contribution in [-0.4, -0.2) is 103 Å². The van der Waals surface area contributed by atoms with Crippen LogP contribution in [0.25, 0.3) is 0 Å². The number of nitriles is 1. The fourth-order valence-electron chi connectivity index (χ4n) is 5.20. The summed E-state index contributed by atoms with van der Waals surface area (Å²) in [5.74, 6) is 0.226. The van der Waals surface area contributed by atoms with Crippen molar-refractivity contribution in [3.63, 3.8) is 0 Å². The van der Waals surface area contributed by atoms with Gasteiger partial charge in [-0.15, -0.1) is 0 Å². The molecule has 0 aromatic carbocycles. The van der Waals surface area contributed by atoms with Crippen LogP contribution in [0.2, 0.25) is 18.5 Å². The van der Waals surface area contributed by atoms with E-state index in [0.29, 0.717) is 38.7 Å². The standard InChI is InChI=1S/C14H26BNO4.C13H26BNO4.C9H16BNO2/c1-12(2,3)18-11(17)16-8-10(9-16)15-19-13(4,5)14(6,7)20-15;1-11(2,3)17-10(16)15-9-8-14-18-12(4,5)13(6,7)19-14;1-8(2)9(3,4)13-10(12-8)6-5-7-11/h10H,8-9H2,1-7H3;8-9H2,1-7H3,(H,15,16);5-6H2,1-4H3. The maximum atomic E-state index is 11.9. The number of carbonyl (C=O) groups is 2. The molecule has 0 atom stereocenters. The Kier molecular flexibility index (Phi) is 14.5. The molecule has 2 amide bonds. The number of nitrogens with zero attached hydrogens (tertiary/aromatic N) is 2. The molecule has 4 rings (SSSR count). The number of rotatable bonds is 6. The third-order valence-electron chi connectivity index (χ3n) is 10.4. The predicted molar refractivity (Wildman–Crippen MR) is 204 cm³/mol. The lowest BCUT2D eigenvalue weighted by molar-refractivity contribution is 0.00578. The molecule has 0 aliphatic carbocycles. The Labute approximate surface area is 315 Å². The molecule has 0 spiro atoms. The van der Waals surface area contributed by atoms with Crippen LogP contribution in [0.5, 0.6) is 0 Å². The minimum absolute atomic E-state index is 0.218. The lowest BCUT2D eigenvalue weighted by atomic mass is 9.67. The molecule has 0 radical (unpaired) electrons. The van der Waals surface area contributed by atoms with Gasteiger partial charge in [-0.25, -0.2) is 9.59 Å². The highest BCUT2D eigenvalue weighted by Crippen LogP contribution is 2.43. The summed E-state index contributed by atoms with van der Waals surface area (Å²) >= 11 is 0. The van der Waals surface area contributed by atoms with Crippen molar-refractivity contribution in [2.45, 2.75) is 194 Å². The van der Waals surface area contributed by atoms with E-state index in [-0.39, 0.29) is 66.9 Å². The predicted octanol–water partition coefficient (Wildman–Crippen LogP) is 7.30. The van der Waals surface area contributed by atoms with Gasteiger partial charge < -0.3 is 47.6 Å². The maximum Gasteiger partial charge on any atom is 0.464 e. The third-order valence-corrected chi connectivity index (χ3v) is 10.4. The molecular weight excluding hydrogens is 667 g/mol. The first-order valence-corrected chi connectivity index (χ1v) is 18.6. The Morgan fingerprint density at radius 2 is 1.04 bits per heavy atom. The molecule has 4 aliphatic heterocycles. The smallest absolute Gasteiger partial charge is 0.444 e. The van der Waals surface area contributed by atoms with Gasteiger partial charge in [0.05, 0.1) is 39.7 Å². The van der Waals surface area contributed by atoms with E-state index in [4.69, 9.17) is 42.7 Å². The minimum atomic E-state index is -0.478. The van der Waals surface area contributed by atoms with Crippen LogP contribution in [0.15, 0.2) is 0 Å². The van der Waals surface area contributed by atoms with Crippen molar-refractivity contribution in [2.24, 2.45) is 0 Å². The third kappa shape index (κ3) is 12.8. The number of nitrogens with one attached hydrogen (secondary N) is 1. The zero-order valence-corrected chi connectivity index (χ0v) is 35.5. The summed E-state index contributed by atoms with van der Waals surface area (Å²) in [7, 11) is -0.747. The molecule has 1 N–H and O–H groups in total. The molecule has 0 aromatic rings. The lowest BCUT2D eigenvalue weighted by Gasteiger charge is -2.40. The van der Waals surface area contributed by atoms with Gasteiger partial charge in [-0.2, -0.15) is 5.26 Å². The van der Waals surface area contributed by atoms with E-state index in [1.165, 1.54) is 0 Å². The van der Waals surface area contributed by atoms with Gasteiger partial charge in [-0.1, -0.05) is 0 Å². The van der Waals surface area contributed by atoms with E-state index in [0.717, 1.165) is 0 Å². The quantitative estimate of drug-likeness (QED) is 0.274. The van der Waals surface area contributed by atoms with E-state index < -0.39 is 17.3 Å². The first-order valence-electron chi connectivity index (χ1n) is 18.6. The van der Waals surface area contributed by atoms with E-state index in [1.54, 1.807) is 4.90 Å². The molecule has 16 heteroatoms. The van der Waals surface area contributed by atoms with Gasteiger partial charge in [0.1, 0.15) is 11.2 Å². The first kappa shape index (κ1) is 46.1. The Bertz CT molecular complexity index is 1220. The van der Waals surface area contributed by atoms with Gasteiger partial charge in [0.25, 0.3) is 0 Å². The number of alkyl carbamates (subject to hydrolysis) is 1. The van der Waals surface area contributed by atoms with E-state index in [9.17, 15) is 9.59 Å². The van der Waals surface area contributed by atoms with Crippen molar-refractivity contribution < 1.29 is 47.0 Å². The Balaban J connectivity index is 0.000000277. The molecule has 0 saturated carbocycles. The SMILES string of the molecule is CC(C)(C)OC(=O)N1CC(B2OC(C)(C)C(C)(C)O2)C1.CC(C)(C)OC(=O)NCCB1OC(C)(C)C(C)(C)O1.CC1(C)OB(CCC#N)OC1(C)C. The summed E-state index contributed by atoms with van der Waals surface area (Å²) in [5, 5.41) is 11.1. The summed E-state index contributed by atoms with van der Waals surface area (Å²) in [6.45, 7) is 37.1. The molecule has 0 unspecified atom stereocenters. The van der Waals surface area contributed by atoms with Gasteiger partial charge in [0.2, 0.25) is 0 Å². The van der Waals surface area contributed by atoms with Crippen LogP contribution in [0.1, 0.15) is 131 Å². The van der Waals surface area contributed by atoms with E-state index in [1.807, 2.05) is 125 Å². The number of hydrogen-bond acceptors (Lipinski definition) is 11. The van der Waals surface area contributed by atoms with Crippen LogP contribution >= 0.6 is 0 Å². The summed E-state index contributed by atoms with van der Waals surface area (Å²) in [6.07, 6.45) is 1.07. The molecule has 52 heavy (non-hydrogen) atoms. The average molecular weight is 735 g/mol. The second-order valence-corrected chi connectivity index (χ2v) is 19.1. The lowest BCUT2D eigenvalue weighted by Crippen LogP contribution is -2.54. The summed E-state index contributed by atoms with van der Waals surface area (Å²) < 4.78 is 45.5. The van der Waals surface area contributed by atoms with Crippen LogP contribution in [0.3, 0.4) is 0 Å². The number of hydrogen-bond donors (Lipinski definition) is 1. The largest absolute Gasteiger partial charge is 0.464 e. The topological polar surface area (TPSA) is 147 Å². The summed E-state index contributed by atoms with van der Waals surface area (Å²) in [4.78, 5) is 25.0. The number of carbonyl (C=O) groups excluding carboxylic acids is 2. The molecule has 296 valence electrons. The molecule has 4 saturated heterocycles. The van der Waals surface area contributed by atoms with E-state index >= 15 is 0 Å². The van der Waals surface area contributed by atoms with Gasteiger partial charge in [0, 0.05) is 31.9 Å². The van der Waals surface area contributed by atoms with Crippen molar-refractivity contribution in [3.05, 3.63) is 0 Å². The zero-order valence-electron chi connectivity index (χ0n) is 35.5. The second-order valence-electron chi connectivity index (χ2n) is 19.1. The van der Waals surface area contributed by atoms with Crippen LogP contribution < -0.4 is 5.32 Å². The highest BCUT2D eigenvalue weighted by molar-refractivity contribution is 6.48. The Morgan fingerprint density at radius 3 is 1.40 bits per heavy atom. The summed E-state index contributed by atoms with van der Waals surface area (Å²) in [5.41, 5.74) is -2.76. The van der Waals surface area contributed by atoms with E-state index in [2.05, 4.69) is 11.4 Å². The van der Waals surface area contributed by atoms with Crippen molar-refractivity contribution in [2.75, 3.05) is 19.6 Å². The highest BCUT2D eigenvalue weighted by atomic mass is 16.7. The van der Waals surface area contributed by atoms with Gasteiger partial charge in [0.15, 0.2) is 0 Å². The van der Waals surface area contributed by atoms with Crippen molar-refractivity contribution in [3.8, 4) is 6.07 Å². The zero-order chi connectivity index (χ0) is 40.4. The highest BCUT2D eigenvalue weighted by Gasteiger charge is 2.57. The molecule has 4 aliphatic rings. The average Bonchev–Trinajstić information content (AvgIpc) is 3.32. The number of ether oxygens (including phenoxy) is 2. The van der Waals surface area contributed by atoms with Crippen LogP contribution in [0, 0.1) is 11.3 Å². The number of amides is 2. The fourth-order valence-corrected chi connectivity index (χ4v) is 5.20. The van der Waals surface area contributed by atoms with Gasteiger partial charge in [-0.3, -0.25) is 0 Å². The molecule has 4 fully saturated rings. The van der Waals surface area contributed by atoms with Crippen LogP contribution in [-0.2, 0) is 37.4 Å². The molecule has 0 bridgehead atoms. The Hall–Kier alpha value is -2.02. The molecule has 13 nitrogen and oxygen atoms in total. The Morgan fingerprint density at radius 1 is 0.673 bits per heavy atom. The van der Waals surface area contributed by atoms with Crippen molar-refractivity contribution >= 4 is 33.5 Å². The van der Waals surface area contributed by atoms with Gasteiger partial charge in [-0.05, 0) is 137 Å². The molecular formula is C36H68B3N3O10. The van der Waals surface area contributed by atoms with Gasteiger partial charge >= 0.3 is 33.5 Å². The molecule has 0 aromatic heterocycles. The normalized spacial score (nSPS) is 23.7. The van der Waals surface area contributed by atoms with Crippen molar-refractivity contribution in [1.82, 2.24) is 10.2 Å². The molecule has 4 heterocycles. The monoisotopic (exact) mass is 736 g/mol. The fraction of sp³-hybridized carbons (Fsp3) is 0.917. The first-order chi connectivity index (χ1) is 23.2. The summed E-state index contributed by atoms with van der Waals surface area (Å²) in [6, 6.07) is 2.09. The maximum absolute atomic E-state index is 11.9. The number of likely N-dealkylation sites (tertiary alicyclic amines) is 1.